The highest BCUT2D eigenvalue weighted by Gasteiger charge is 2.60. The fourth-order valence-electron chi connectivity index (χ4n) is 2.95. The molecule has 2 unspecified atom stereocenters. The first-order valence-electron chi connectivity index (χ1n) is 7.36. The topological polar surface area (TPSA) is 41.6 Å². The number of carbonyl (C=O) groups is 1. The molecular weight excluding hydrogens is 252 g/mol. The maximum Gasteiger partial charge on any atom is 0.244 e. The molecule has 0 radical (unpaired) electrons. The number of hydrogen-bond acceptors (Lipinski definition) is 3. The Kier molecular flexibility index (Phi) is 3.21. The molecule has 1 aliphatic heterocycles. The molecule has 4 nitrogen and oxygen atoms in total. The van der Waals surface area contributed by atoms with Gasteiger partial charge in [0.2, 0.25) is 5.91 Å². The van der Waals surface area contributed by atoms with Crippen LogP contribution in [0.1, 0.15) is 44.8 Å². The molecule has 2 fully saturated rings. The van der Waals surface area contributed by atoms with Crippen molar-refractivity contribution in [2.45, 2.75) is 50.9 Å². The van der Waals surface area contributed by atoms with Crippen LogP contribution in [0.15, 0.2) is 24.3 Å². The molecule has 1 amide bonds. The second-order valence-electron chi connectivity index (χ2n) is 5.88. The van der Waals surface area contributed by atoms with Gasteiger partial charge in [-0.25, -0.2) is 0 Å². The van der Waals surface area contributed by atoms with Gasteiger partial charge in [0.05, 0.1) is 7.11 Å². The highest BCUT2D eigenvalue weighted by Crippen LogP contribution is 2.47. The summed E-state index contributed by atoms with van der Waals surface area (Å²) in [7, 11) is 1.67. The summed E-state index contributed by atoms with van der Waals surface area (Å²) in [5, 5.41) is 3.54. The van der Waals surface area contributed by atoms with E-state index in [9.17, 15) is 4.79 Å². The molecule has 1 saturated heterocycles. The fraction of sp³-hybridized carbons (Fsp3) is 0.562. The SMILES string of the molecule is CCC(C)N1C(=O)C2(CC2)NC1c1cccc(OC)c1. The van der Waals surface area contributed by atoms with Crippen molar-refractivity contribution in [2.24, 2.45) is 0 Å². The lowest BCUT2D eigenvalue weighted by atomic mass is 10.1. The maximum atomic E-state index is 12.7. The molecule has 2 aliphatic rings. The van der Waals surface area contributed by atoms with Gasteiger partial charge in [-0.2, -0.15) is 0 Å². The van der Waals surface area contributed by atoms with Crippen molar-refractivity contribution in [2.75, 3.05) is 7.11 Å². The van der Waals surface area contributed by atoms with E-state index in [4.69, 9.17) is 4.74 Å². The van der Waals surface area contributed by atoms with E-state index in [0.717, 1.165) is 30.6 Å². The van der Waals surface area contributed by atoms with Crippen molar-refractivity contribution < 1.29 is 9.53 Å². The number of ether oxygens (including phenoxy) is 1. The Morgan fingerprint density at radius 2 is 2.25 bits per heavy atom. The van der Waals surface area contributed by atoms with Crippen molar-refractivity contribution in [1.82, 2.24) is 10.2 Å². The fourth-order valence-corrected chi connectivity index (χ4v) is 2.95. The Bertz CT molecular complexity index is 525. The summed E-state index contributed by atoms with van der Waals surface area (Å²) in [6, 6.07) is 8.23. The van der Waals surface area contributed by atoms with E-state index < -0.39 is 0 Å². The van der Waals surface area contributed by atoms with E-state index in [0.29, 0.717) is 0 Å². The average Bonchev–Trinajstić information content (AvgIpc) is 3.20. The summed E-state index contributed by atoms with van der Waals surface area (Å²) in [5.74, 6) is 1.09. The lowest BCUT2D eigenvalue weighted by Gasteiger charge is -2.30. The molecule has 1 saturated carbocycles. The van der Waals surface area contributed by atoms with Crippen LogP contribution in [0.2, 0.25) is 0 Å². The zero-order chi connectivity index (χ0) is 14.3. The monoisotopic (exact) mass is 274 g/mol. The molecule has 108 valence electrons. The molecule has 1 aromatic rings. The van der Waals surface area contributed by atoms with Crippen molar-refractivity contribution >= 4 is 5.91 Å². The van der Waals surface area contributed by atoms with E-state index in [1.165, 1.54) is 0 Å². The molecule has 1 spiro atoms. The molecule has 20 heavy (non-hydrogen) atoms. The van der Waals surface area contributed by atoms with Crippen LogP contribution in [0.4, 0.5) is 0 Å². The second-order valence-corrected chi connectivity index (χ2v) is 5.88. The summed E-state index contributed by atoms with van der Waals surface area (Å²) in [6.45, 7) is 4.24. The minimum atomic E-state index is -0.281. The minimum absolute atomic E-state index is 0.0324. The van der Waals surface area contributed by atoms with Gasteiger partial charge < -0.3 is 9.64 Å². The molecule has 1 aromatic carbocycles. The van der Waals surface area contributed by atoms with E-state index in [1.54, 1.807) is 7.11 Å². The maximum absolute atomic E-state index is 12.7. The Morgan fingerprint density at radius 3 is 2.85 bits per heavy atom. The van der Waals surface area contributed by atoms with Crippen molar-refractivity contribution in [1.29, 1.82) is 0 Å². The number of hydrogen-bond donors (Lipinski definition) is 1. The number of carbonyl (C=O) groups excluding carboxylic acids is 1. The van der Waals surface area contributed by atoms with Crippen LogP contribution in [0.3, 0.4) is 0 Å². The van der Waals surface area contributed by atoms with Gasteiger partial charge in [0.1, 0.15) is 17.5 Å². The number of nitrogens with one attached hydrogen (secondary N) is 1. The van der Waals surface area contributed by atoms with Crippen LogP contribution in [-0.2, 0) is 4.79 Å². The Hall–Kier alpha value is -1.55. The summed E-state index contributed by atoms with van der Waals surface area (Å²) in [6.07, 6.45) is 2.85. The summed E-state index contributed by atoms with van der Waals surface area (Å²) >= 11 is 0. The predicted octanol–water partition coefficient (Wildman–Crippen LogP) is 2.46. The van der Waals surface area contributed by atoms with Gasteiger partial charge in [-0.3, -0.25) is 10.1 Å². The number of benzene rings is 1. The normalized spacial score (nSPS) is 25.1. The van der Waals surface area contributed by atoms with Crippen LogP contribution in [-0.4, -0.2) is 29.5 Å². The first-order chi connectivity index (χ1) is 9.61. The van der Waals surface area contributed by atoms with Gasteiger partial charge >= 0.3 is 0 Å². The third-order valence-electron chi connectivity index (χ3n) is 4.56. The highest BCUT2D eigenvalue weighted by atomic mass is 16.5. The molecule has 1 heterocycles. The molecule has 0 bridgehead atoms. The number of methoxy groups -OCH3 is 1. The quantitative estimate of drug-likeness (QED) is 0.917. The Balaban J connectivity index is 1.95. The van der Waals surface area contributed by atoms with Crippen LogP contribution < -0.4 is 10.1 Å². The zero-order valence-corrected chi connectivity index (χ0v) is 12.3. The third-order valence-corrected chi connectivity index (χ3v) is 4.56. The first-order valence-corrected chi connectivity index (χ1v) is 7.36. The van der Waals surface area contributed by atoms with E-state index in [2.05, 4.69) is 25.2 Å². The lowest BCUT2D eigenvalue weighted by molar-refractivity contribution is -0.132. The van der Waals surface area contributed by atoms with Crippen molar-refractivity contribution in [3.05, 3.63) is 29.8 Å². The van der Waals surface area contributed by atoms with Gasteiger partial charge in [0.15, 0.2) is 0 Å². The second kappa shape index (κ2) is 4.77. The van der Waals surface area contributed by atoms with Crippen LogP contribution >= 0.6 is 0 Å². The summed E-state index contributed by atoms with van der Waals surface area (Å²) < 4.78 is 5.30. The molecule has 4 heteroatoms. The van der Waals surface area contributed by atoms with Gasteiger partial charge in [-0.15, -0.1) is 0 Å². The van der Waals surface area contributed by atoms with E-state index >= 15 is 0 Å². The molecule has 2 atom stereocenters. The zero-order valence-electron chi connectivity index (χ0n) is 12.3. The van der Waals surface area contributed by atoms with Crippen LogP contribution in [0.5, 0.6) is 5.75 Å². The summed E-state index contributed by atoms with van der Waals surface area (Å²) in [5.41, 5.74) is 0.818. The van der Waals surface area contributed by atoms with Gasteiger partial charge in [0, 0.05) is 6.04 Å². The van der Waals surface area contributed by atoms with Gasteiger partial charge in [0.25, 0.3) is 0 Å². The first kappa shape index (κ1) is 13.4. The average molecular weight is 274 g/mol. The Labute approximate surface area is 120 Å². The molecule has 1 N–H and O–H groups in total. The van der Waals surface area contributed by atoms with Crippen molar-refractivity contribution in [3.8, 4) is 5.75 Å². The largest absolute Gasteiger partial charge is 0.497 e. The van der Waals surface area contributed by atoms with Crippen LogP contribution in [0.25, 0.3) is 0 Å². The standard InChI is InChI=1S/C16H22N2O2/c1-4-11(2)18-14(17-16(8-9-16)15(18)19)12-6-5-7-13(10-12)20-3/h5-7,10-11,14,17H,4,8-9H2,1-3H3. The van der Waals surface area contributed by atoms with Crippen LogP contribution in [0, 0.1) is 0 Å². The summed E-state index contributed by atoms with van der Waals surface area (Å²) in [4.78, 5) is 14.7. The smallest absolute Gasteiger partial charge is 0.244 e. The minimum Gasteiger partial charge on any atom is -0.497 e. The number of nitrogens with zero attached hydrogens (tertiary/aromatic N) is 1. The number of rotatable bonds is 4. The number of amides is 1. The van der Waals surface area contributed by atoms with E-state index in [1.807, 2.05) is 23.1 Å². The molecule has 0 aromatic heterocycles. The Morgan fingerprint density at radius 1 is 1.50 bits per heavy atom. The van der Waals surface area contributed by atoms with Crippen molar-refractivity contribution in [3.63, 3.8) is 0 Å². The molecular formula is C16H22N2O2. The highest BCUT2D eigenvalue weighted by molar-refractivity contribution is 5.92. The third kappa shape index (κ3) is 1.99. The van der Waals surface area contributed by atoms with Gasteiger partial charge in [-0.05, 0) is 43.9 Å². The molecule has 1 aliphatic carbocycles. The van der Waals surface area contributed by atoms with Gasteiger partial charge in [-0.1, -0.05) is 19.1 Å². The van der Waals surface area contributed by atoms with E-state index in [-0.39, 0.29) is 23.7 Å². The lowest BCUT2D eigenvalue weighted by Crippen LogP contribution is -2.38. The molecule has 3 rings (SSSR count). The predicted molar refractivity (Wildman–Crippen MR) is 77.4 cm³/mol.